The largest absolute Gasteiger partial charge is 0.488 e. The van der Waals surface area contributed by atoms with Gasteiger partial charge in [0.15, 0.2) is 11.6 Å². The van der Waals surface area contributed by atoms with Crippen LogP contribution < -0.4 is 10.1 Å². The van der Waals surface area contributed by atoms with Crippen LogP contribution in [0.5, 0.6) is 5.75 Å². The van der Waals surface area contributed by atoms with E-state index in [9.17, 15) is 9.50 Å². The number of hydrogen-bond donors (Lipinski definition) is 2. The van der Waals surface area contributed by atoms with Crippen molar-refractivity contribution < 1.29 is 14.2 Å². The average Bonchev–Trinajstić information content (AvgIpc) is 3.09. The Balaban J connectivity index is 1.75. The number of benzene rings is 1. The molecule has 1 saturated carbocycles. The Kier molecular flexibility index (Phi) is 4.36. The molecule has 2 rings (SSSR count). The highest BCUT2D eigenvalue weighted by Crippen LogP contribution is 2.21. The van der Waals surface area contributed by atoms with Crippen molar-refractivity contribution in [1.82, 2.24) is 5.32 Å². The van der Waals surface area contributed by atoms with Crippen LogP contribution in [0.25, 0.3) is 0 Å². The summed E-state index contributed by atoms with van der Waals surface area (Å²) in [7, 11) is 0. The Morgan fingerprint density at radius 2 is 2.29 bits per heavy atom. The van der Waals surface area contributed by atoms with Gasteiger partial charge in [0.1, 0.15) is 12.7 Å². The lowest BCUT2D eigenvalue weighted by atomic mass is 10.3. The molecular weight excluding hydrogens is 289 g/mol. The van der Waals surface area contributed by atoms with Crippen LogP contribution in [0, 0.1) is 5.82 Å². The molecule has 0 aliphatic heterocycles. The number of rotatable bonds is 6. The Hall–Kier alpha value is -0.650. The summed E-state index contributed by atoms with van der Waals surface area (Å²) in [5.41, 5.74) is 0. The van der Waals surface area contributed by atoms with Gasteiger partial charge in [0.25, 0.3) is 0 Å². The molecule has 0 radical (unpaired) electrons. The molecule has 3 nitrogen and oxygen atoms in total. The fourth-order valence-electron chi connectivity index (χ4n) is 1.43. The molecule has 1 unspecified atom stereocenters. The highest BCUT2D eigenvalue weighted by molar-refractivity contribution is 9.10. The van der Waals surface area contributed by atoms with Crippen LogP contribution in [-0.4, -0.2) is 30.4 Å². The van der Waals surface area contributed by atoms with Crippen LogP contribution in [0.3, 0.4) is 0 Å². The number of nitrogens with one attached hydrogen (secondary N) is 1. The molecule has 0 heterocycles. The van der Waals surface area contributed by atoms with Crippen molar-refractivity contribution in [3.8, 4) is 5.75 Å². The van der Waals surface area contributed by atoms with Crippen molar-refractivity contribution in [2.24, 2.45) is 0 Å². The van der Waals surface area contributed by atoms with E-state index in [1.165, 1.54) is 18.9 Å². The smallest absolute Gasteiger partial charge is 0.166 e. The molecule has 0 aromatic heterocycles. The van der Waals surface area contributed by atoms with Gasteiger partial charge in [-0.1, -0.05) is 15.9 Å². The van der Waals surface area contributed by atoms with E-state index in [0.717, 1.165) is 0 Å². The second kappa shape index (κ2) is 5.80. The number of aliphatic hydroxyl groups is 1. The molecule has 0 bridgehead atoms. The quantitative estimate of drug-likeness (QED) is 0.845. The number of ether oxygens (including phenoxy) is 1. The molecule has 5 heteroatoms. The molecule has 1 aromatic rings. The van der Waals surface area contributed by atoms with Gasteiger partial charge < -0.3 is 15.2 Å². The van der Waals surface area contributed by atoms with Crippen molar-refractivity contribution in [3.05, 3.63) is 28.5 Å². The zero-order chi connectivity index (χ0) is 12.3. The highest BCUT2D eigenvalue weighted by atomic mass is 79.9. The van der Waals surface area contributed by atoms with Gasteiger partial charge in [0.05, 0.1) is 0 Å². The average molecular weight is 304 g/mol. The van der Waals surface area contributed by atoms with Crippen molar-refractivity contribution in [3.63, 3.8) is 0 Å². The van der Waals surface area contributed by atoms with Gasteiger partial charge in [-0.2, -0.15) is 0 Å². The van der Waals surface area contributed by atoms with E-state index in [4.69, 9.17) is 4.74 Å². The van der Waals surface area contributed by atoms with Gasteiger partial charge in [-0.15, -0.1) is 0 Å². The van der Waals surface area contributed by atoms with Crippen molar-refractivity contribution >= 4 is 15.9 Å². The van der Waals surface area contributed by atoms with Crippen LogP contribution in [0.2, 0.25) is 0 Å². The summed E-state index contributed by atoms with van der Waals surface area (Å²) in [5.74, 6) is -0.264. The van der Waals surface area contributed by atoms with Crippen molar-refractivity contribution in [2.75, 3.05) is 13.2 Å². The van der Waals surface area contributed by atoms with Gasteiger partial charge >= 0.3 is 0 Å². The Labute approximate surface area is 108 Å². The molecule has 1 fully saturated rings. The SMILES string of the molecule is OC(CNC1CC1)COc1ccc(Br)cc1F. The lowest BCUT2D eigenvalue weighted by molar-refractivity contribution is 0.104. The van der Waals surface area contributed by atoms with Crippen LogP contribution >= 0.6 is 15.9 Å². The maximum atomic E-state index is 13.4. The van der Waals surface area contributed by atoms with E-state index in [1.807, 2.05) is 0 Å². The van der Waals surface area contributed by atoms with Gasteiger partial charge in [-0.05, 0) is 31.0 Å². The van der Waals surface area contributed by atoms with Crippen LogP contribution in [-0.2, 0) is 0 Å². The maximum absolute atomic E-state index is 13.4. The molecule has 1 atom stereocenters. The zero-order valence-electron chi connectivity index (χ0n) is 9.33. The third kappa shape index (κ3) is 4.26. The predicted octanol–water partition coefficient (Wildman–Crippen LogP) is 2.08. The summed E-state index contributed by atoms with van der Waals surface area (Å²) in [6, 6.07) is 5.13. The minimum Gasteiger partial charge on any atom is -0.488 e. The molecule has 2 N–H and O–H groups in total. The van der Waals surface area contributed by atoms with Crippen LogP contribution in [0.4, 0.5) is 4.39 Å². The highest BCUT2D eigenvalue weighted by Gasteiger charge is 2.21. The van der Waals surface area contributed by atoms with E-state index in [0.29, 0.717) is 17.1 Å². The van der Waals surface area contributed by atoms with E-state index in [-0.39, 0.29) is 12.4 Å². The fraction of sp³-hybridized carbons (Fsp3) is 0.500. The molecule has 1 aliphatic rings. The van der Waals surface area contributed by atoms with Crippen LogP contribution in [0.15, 0.2) is 22.7 Å². The zero-order valence-corrected chi connectivity index (χ0v) is 10.9. The Bertz CT molecular complexity index is 385. The first-order valence-corrected chi connectivity index (χ1v) is 6.44. The third-order valence-corrected chi connectivity index (χ3v) is 3.04. The van der Waals surface area contributed by atoms with Gasteiger partial charge in [-0.3, -0.25) is 0 Å². The first-order valence-electron chi connectivity index (χ1n) is 5.64. The van der Waals surface area contributed by atoms with Gasteiger partial charge in [-0.25, -0.2) is 4.39 Å². The standard InChI is InChI=1S/C12H15BrFNO2/c13-8-1-4-12(11(14)5-8)17-7-10(16)6-15-9-2-3-9/h1,4-5,9-10,15-16H,2-3,6-7H2. The van der Waals surface area contributed by atoms with E-state index in [1.54, 1.807) is 12.1 Å². The fourth-order valence-corrected chi connectivity index (χ4v) is 1.76. The molecular formula is C12H15BrFNO2. The van der Waals surface area contributed by atoms with Crippen molar-refractivity contribution in [1.29, 1.82) is 0 Å². The number of aliphatic hydroxyl groups excluding tert-OH is 1. The lowest BCUT2D eigenvalue weighted by Crippen LogP contribution is -2.32. The number of halogens is 2. The monoisotopic (exact) mass is 303 g/mol. The van der Waals surface area contributed by atoms with E-state index in [2.05, 4.69) is 21.2 Å². The minimum absolute atomic E-state index is 0.0955. The normalized spacial score (nSPS) is 16.9. The summed E-state index contributed by atoms with van der Waals surface area (Å²) in [6.45, 7) is 0.584. The summed E-state index contributed by atoms with van der Waals surface area (Å²) in [5, 5.41) is 12.8. The summed E-state index contributed by atoms with van der Waals surface area (Å²) >= 11 is 3.17. The summed E-state index contributed by atoms with van der Waals surface area (Å²) < 4.78 is 19.3. The van der Waals surface area contributed by atoms with E-state index >= 15 is 0 Å². The molecule has 1 aliphatic carbocycles. The Morgan fingerprint density at radius 3 is 2.94 bits per heavy atom. The molecule has 0 saturated heterocycles. The van der Waals surface area contributed by atoms with E-state index < -0.39 is 11.9 Å². The first kappa shape index (κ1) is 12.8. The molecule has 0 amide bonds. The van der Waals surface area contributed by atoms with Crippen LogP contribution in [0.1, 0.15) is 12.8 Å². The van der Waals surface area contributed by atoms with Gasteiger partial charge in [0, 0.05) is 17.1 Å². The minimum atomic E-state index is -0.612. The first-order chi connectivity index (χ1) is 8.15. The molecule has 94 valence electrons. The lowest BCUT2D eigenvalue weighted by Gasteiger charge is -2.13. The van der Waals surface area contributed by atoms with Gasteiger partial charge in [0.2, 0.25) is 0 Å². The second-order valence-electron chi connectivity index (χ2n) is 4.22. The number of hydrogen-bond acceptors (Lipinski definition) is 3. The summed E-state index contributed by atoms with van der Waals surface area (Å²) in [4.78, 5) is 0. The van der Waals surface area contributed by atoms with Crippen molar-refractivity contribution in [2.45, 2.75) is 25.0 Å². The molecule has 17 heavy (non-hydrogen) atoms. The molecule has 0 spiro atoms. The molecule has 1 aromatic carbocycles. The topological polar surface area (TPSA) is 41.5 Å². The Morgan fingerprint density at radius 1 is 1.53 bits per heavy atom. The maximum Gasteiger partial charge on any atom is 0.166 e. The third-order valence-electron chi connectivity index (χ3n) is 2.54. The summed E-state index contributed by atoms with van der Waals surface area (Å²) in [6.07, 6.45) is 1.74. The predicted molar refractivity (Wildman–Crippen MR) is 66.6 cm³/mol. The second-order valence-corrected chi connectivity index (χ2v) is 5.14.